The number of benzene rings is 2. The van der Waals surface area contributed by atoms with Crippen molar-refractivity contribution >= 4 is 51.3 Å². The number of hydrogen-bond donors (Lipinski definition) is 1. The largest absolute Gasteiger partial charge is 0.358 e. The summed E-state index contributed by atoms with van der Waals surface area (Å²) in [5.74, 6) is -0.448. The predicted octanol–water partition coefficient (Wildman–Crippen LogP) is 4.12. The zero-order valence-corrected chi connectivity index (χ0v) is 20.0. The maximum Gasteiger partial charge on any atom is 0.273 e. The van der Waals surface area contributed by atoms with Crippen molar-refractivity contribution in [3.05, 3.63) is 114 Å². The smallest absolute Gasteiger partial charge is 0.273 e. The number of hydrogen-bond acceptors (Lipinski definition) is 5. The van der Waals surface area contributed by atoms with Crippen LogP contribution in [0.1, 0.15) is 21.7 Å². The number of carbonyl (C=O) groups is 1. The van der Waals surface area contributed by atoms with Crippen molar-refractivity contribution in [2.45, 2.75) is 6.92 Å². The lowest BCUT2D eigenvalue weighted by atomic mass is 10.0. The van der Waals surface area contributed by atoms with Crippen molar-refractivity contribution in [3.8, 4) is 11.8 Å². The summed E-state index contributed by atoms with van der Waals surface area (Å²) < 4.78 is 1.98. The minimum absolute atomic E-state index is 0.115. The summed E-state index contributed by atoms with van der Waals surface area (Å²) in [6, 6.07) is 21.6. The minimum atomic E-state index is -0.448. The average Bonchev–Trinajstić information content (AvgIpc) is 3.36. The van der Waals surface area contributed by atoms with Gasteiger partial charge in [-0.1, -0.05) is 35.9 Å². The molecule has 0 aliphatic carbocycles. The van der Waals surface area contributed by atoms with E-state index in [-0.39, 0.29) is 15.8 Å². The number of nitrogens with zero attached hydrogens (tertiary/aromatic N) is 3. The SMILES string of the molecule is Cc1[nH]c2ccccc2c1C(=O)/C(C#N)=c1\s/c(=C\c2ccccn2)c(=O)n1-c1ccc(Cl)cc1. The number of nitriles is 1. The topological polar surface area (TPSA) is 91.5 Å². The Balaban J connectivity index is 1.85. The lowest BCUT2D eigenvalue weighted by Crippen LogP contribution is -2.31. The van der Waals surface area contributed by atoms with Crippen LogP contribution in [-0.4, -0.2) is 20.3 Å². The highest BCUT2D eigenvalue weighted by Gasteiger charge is 2.23. The van der Waals surface area contributed by atoms with Gasteiger partial charge in [0, 0.05) is 27.8 Å². The highest BCUT2D eigenvalue weighted by Crippen LogP contribution is 2.24. The van der Waals surface area contributed by atoms with E-state index in [2.05, 4.69) is 16.0 Å². The number of rotatable bonds is 4. The molecule has 170 valence electrons. The van der Waals surface area contributed by atoms with Gasteiger partial charge in [0.25, 0.3) is 5.56 Å². The molecular weight excluding hydrogens is 480 g/mol. The zero-order chi connectivity index (χ0) is 24.5. The van der Waals surface area contributed by atoms with Crippen LogP contribution >= 0.6 is 22.9 Å². The molecule has 0 bridgehead atoms. The van der Waals surface area contributed by atoms with Crippen molar-refractivity contribution in [2.24, 2.45) is 0 Å². The third-order valence-electron chi connectivity index (χ3n) is 5.55. The summed E-state index contributed by atoms with van der Waals surface area (Å²) in [6.07, 6.45) is 3.29. The summed E-state index contributed by atoms with van der Waals surface area (Å²) >= 11 is 7.14. The molecule has 0 radical (unpaired) electrons. The maximum atomic E-state index is 13.8. The second-order valence-corrected chi connectivity index (χ2v) is 9.24. The van der Waals surface area contributed by atoms with Crippen LogP contribution in [0.2, 0.25) is 5.02 Å². The third kappa shape index (κ3) is 4.10. The first-order valence-electron chi connectivity index (χ1n) is 10.6. The number of aromatic amines is 1. The van der Waals surface area contributed by atoms with Gasteiger partial charge in [0.2, 0.25) is 5.78 Å². The molecule has 5 aromatic rings. The van der Waals surface area contributed by atoms with Crippen LogP contribution in [0, 0.1) is 18.3 Å². The van der Waals surface area contributed by atoms with E-state index in [1.165, 1.54) is 4.57 Å². The van der Waals surface area contributed by atoms with Crippen LogP contribution in [0.4, 0.5) is 0 Å². The highest BCUT2D eigenvalue weighted by molar-refractivity contribution is 7.07. The van der Waals surface area contributed by atoms with E-state index in [1.807, 2.05) is 30.3 Å². The maximum absolute atomic E-state index is 13.8. The lowest BCUT2D eigenvalue weighted by Gasteiger charge is -2.04. The van der Waals surface area contributed by atoms with E-state index < -0.39 is 5.78 Å². The molecule has 0 saturated carbocycles. The van der Waals surface area contributed by atoms with Gasteiger partial charge in [0.15, 0.2) is 0 Å². The van der Waals surface area contributed by atoms with Crippen molar-refractivity contribution in [1.82, 2.24) is 14.5 Å². The average molecular weight is 497 g/mol. The van der Waals surface area contributed by atoms with E-state index in [0.717, 1.165) is 22.2 Å². The molecule has 3 heterocycles. The van der Waals surface area contributed by atoms with E-state index >= 15 is 0 Å². The number of H-pyrrole nitrogens is 1. The zero-order valence-electron chi connectivity index (χ0n) is 18.4. The van der Waals surface area contributed by atoms with Gasteiger partial charge < -0.3 is 4.98 Å². The molecule has 0 amide bonds. The Morgan fingerprint density at radius 2 is 1.86 bits per heavy atom. The van der Waals surface area contributed by atoms with E-state index in [9.17, 15) is 14.9 Å². The van der Waals surface area contributed by atoms with Crippen LogP contribution in [0.25, 0.3) is 28.2 Å². The van der Waals surface area contributed by atoms with Gasteiger partial charge in [0.1, 0.15) is 16.3 Å². The van der Waals surface area contributed by atoms with Crippen molar-refractivity contribution in [2.75, 3.05) is 0 Å². The molecule has 0 aliphatic rings. The van der Waals surface area contributed by atoms with Crippen LogP contribution < -0.4 is 14.8 Å². The van der Waals surface area contributed by atoms with E-state index in [0.29, 0.717) is 32.2 Å². The number of halogens is 1. The Bertz CT molecular complexity index is 1810. The van der Waals surface area contributed by atoms with Crippen molar-refractivity contribution in [3.63, 3.8) is 0 Å². The lowest BCUT2D eigenvalue weighted by molar-refractivity contribution is 0.105. The summed E-state index contributed by atoms with van der Waals surface area (Å²) in [4.78, 5) is 34.8. The van der Waals surface area contributed by atoms with Crippen LogP contribution in [-0.2, 0) is 0 Å². The van der Waals surface area contributed by atoms with Crippen molar-refractivity contribution in [1.29, 1.82) is 5.26 Å². The van der Waals surface area contributed by atoms with Gasteiger partial charge in [-0.3, -0.25) is 19.1 Å². The molecule has 0 spiro atoms. The van der Waals surface area contributed by atoms with Crippen molar-refractivity contribution < 1.29 is 4.79 Å². The quantitative estimate of drug-likeness (QED) is 0.379. The number of Topliss-reactive ketones (excluding diaryl/α,β-unsaturated/α-hetero) is 1. The molecule has 6 nitrogen and oxygen atoms in total. The Morgan fingerprint density at radius 1 is 1.11 bits per heavy atom. The van der Waals surface area contributed by atoms with Crippen LogP contribution in [0.5, 0.6) is 0 Å². The third-order valence-corrected chi connectivity index (χ3v) is 6.89. The predicted molar refractivity (Wildman–Crippen MR) is 138 cm³/mol. The fraction of sp³-hybridized carbons (Fsp3) is 0.0370. The summed E-state index contributed by atoms with van der Waals surface area (Å²) in [6.45, 7) is 1.79. The van der Waals surface area contributed by atoms with Gasteiger partial charge in [-0.15, -0.1) is 11.3 Å². The fourth-order valence-electron chi connectivity index (χ4n) is 3.96. The van der Waals surface area contributed by atoms with Crippen LogP contribution in [0.3, 0.4) is 0 Å². The second-order valence-electron chi connectivity index (χ2n) is 7.77. The van der Waals surface area contributed by atoms with E-state index in [1.54, 1.807) is 55.6 Å². The van der Waals surface area contributed by atoms with E-state index in [4.69, 9.17) is 11.6 Å². The normalized spacial score (nSPS) is 12.5. The highest BCUT2D eigenvalue weighted by atomic mass is 35.5. The Morgan fingerprint density at radius 3 is 2.57 bits per heavy atom. The van der Waals surface area contributed by atoms with Crippen LogP contribution in [0.15, 0.2) is 77.7 Å². The number of aromatic nitrogens is 3. The fourth-order valence-corrected chi connectivity index (χ4v) is 5.17. The molecule has 0 aliphatic heterocycles. The van der Waals surface area contributed by atoms with Gasteiger partial charge >= 0.3 is 0 Å². The first-order chi connectivity index (χ1) is 17.0. The standard InChI is InChI=1S/C27H17ClN4O2S/c1-16-24(20-7-2-3-8-22(20)31-16)25(33)21(15-29)27-32(19-11-9-17(28)10-12-19)26(34)23(35-27)14-18-6-4-5-13-30-18/h2-14,31H,1H3/b23-14-,27-21-. The summed E-state index contributed by atoms with van der Waals surface area (Å²) in [5.41, 5.74) is 2.50. The van der Waals surface area contributed by atoms with Gasteiger partial charge in [-0.25, -0.2) is 0 Å². The molecule has 0 fully saturated rings. The molecule has 2 aromatic carbocycles. The van der Waals surface area contributed by atoms with Gasteiger partial charge in [0.05, 0.1) is 21.5 Å². The molecular formula is C27H17ClN4O2S. The monoisotopic (exact) mass is 496 g/mol. The Hall–Kier alpha value is -4.25. The molecule has 1 N–H and O–H groups in total. The number of carbonyl (C=O) groups excluding carboxylic acids is 1. The molecule has 8 heteroatoms. The molecule has 0 saturated heterocycles. The van der Waals surface area contributed by atoms with Gasteiger partial charge in [-0.05, 0) is 55.5 Å². The first-order valence-corrected chi connectivity index (χ1v) is 11.8. The number of pyridine rings is 1. The molecule has 0 atom stereocenters. The number of fused-ring (bicyclic) bond motifs is 1. The number of ketones is 1. The minimum Gasteiger partial charge on any atom is -0.358 e. The Labute approximate surface area is 208 Å². The number of thiazole rings is 1. The second kappa shape index (κ2) is 9.18. The molecule has 5 rings (SSSR count). The van der Waals surface area contributed by atoms with Gasteiger partial charge in [-0.2, -0.15) is 5.26 Å². The molecule has 35 heavy (non-hydrogen) atoms. The number of para-hydroxylation sites is 1. The molecule has 0 unspecified atom stereocenters. The molecule has 3 aromatic heterocycles. The number of aryl methyl sites for hydroxylation is 1. The Kier molecular flexibility index (Phi) is 5.91. The summed E-state index contributed by atoms with van der Waals surface area (Å²) in [5, 5.41) is 11.4. The summed E-state index contributed by atoms with van der Waals surface area (Å²) in [7, 11) is 0. The first kappa shape index (κ1) is 22.5. The number of nitrogens with one attached hydrogen (secondary N) is 1.